The zero-order valence-corrected chi connectivity index (χ0v) is 21.1. The van der Waals surface area contributed by atoms with Crippen molar-refractivity contribution in [1.29, 1.82) is 0 Å². The van der Waals surface area contributed by atoms with Crippen LogP contribution >= 0.6 is 0 Å². The standard InChI is InChI=1S/C25H31B2FN2O4/c1-22(2)23(3,4)32-26(31-22)17-9-11-18(12-10-17)30-15-16-13-19(20(28)14-21(16)29-30)27-33-24(5,6)25(7,8)34-27/h9-15H,1-8H3. The molecule has 0 aliphatic carbocycles. The van der Waals surface area contributed by atoms with Gasteiger partial charge >= 0.3 is 14.2 Å². The Bertz CT molecular complexity index is 1220. The second-order valence-electron chi connectivity index (χ2n) is 11.3. The summed E-state index contributed by atoms with van der Waals surface area (Å²) in [5.41, 5.74) is 0.866. The maximum Gasteiger partial charge on any atom is 0.497 e. The van der Waals surface area contributed by atoms with Crippen LogP contribution in [-0.2, 0) is 18.6 Å². The Morgan fingerprint density at radius 1 is 0.735 bits per heavy atom. The quantitative estimate of drug-likeness (QED) is 0.553. The van der Waals surface area contributed by atoms with Crippen molar-refractivity contribution in [2.75, 3.05) is 0 Å². The van der Waals surface area contributed by atoms with Crippen molar-refractivity contribution in [2.45, 2.75) is 77.8 Å². The highest BCUT2D eigenvalue weighted by atomic mass is 19.1. The highest BCUT2D eigenvalue weighted by Crippen LogP contribution is 2.37. The first-order chi connectivity index (χ1) is 15.7. The first-order valence-corrected chi connectivity index (χ1v) is 11.7. The Morgan fingerprint density at radius 3 is 1.76 bits per heavy atom. The summed E-state index contributed by atoms with van der Waals surface area (Å²) in [7, 11) is -1.19. The highest BCUT2D eigenvalue weighted by Gasteiger charge is 2.53. The monoisotopic (exact) mass is 464 g/mol. The zero-order chi connectivity index (χ0) is 24.7. The molecule has 2 aromatic carbocycles. The minimum atomic E-state index is -0.767. The molecule has 178 valence electrons. The molecule has 6 nitrogen and oxygen atoms in total. The third-order valence-corrected chi connectivity index (χ3v) is 7.81. The molecule has 2 aliphatic heterocycles. The molecule has 2 aliphatic rings. The Kier molecular flexibility index (Phi) is 5.13. The average molecular weight is 464 g/mol. The van der Waals surface area contributed by atoms with Gasteiger partial charge in [-0.3, -0.25) is 0 Å². The van der Waals surface area contributed by atoms with Crippen molar-refractivity contribution in [3.05, 3.63) is 48.4 Å². The van der Waals surface area contributed by atoms with Crippen LogP contribution < -0.4 is 10.9 Å². The maximum absolute atomic E-state index is 15.0. The van der Waals surface area contributed by atoms with E-state index >= 15 is 4.39 Å². The van der Waals surface area contributed by atoms with Gasteiger partial charge in [-0.1, -0.05) is 12.1 Å². The van der Waals surface area contributed by atoms with Gasteiger partial charge in [-0.05, 0) is 79.1 Å². The molecule has 2 fully saturated rings. The van der Waals surface area contributed by atoms with Crippen LogP contribution in [0.25, 0.3) is 16.6 Å². The van der Waals surface area contributed by atoms with Gasteiger partial charge in [0.15, 0.2) is 0 Å². The van der Waals surface area contributed by atoms with E-state index < -0.39 is 42.5 Å². The molecular formula is C25H31B2FN2O4. The van der Waals surface area contributed by atoms with Crippen LogP contribution in [0.1, 0.15) is 55.4 Å². The lowest BCUT2D eigenvalue weighted by molar-refractivity contribution is 0.00578. The van der Waals surface area contributed by atoms with E-state index in [9.17, 15) is 0 Å². The van der Waals surface area contributed by atoms with Crippen molar-refractivity contribution in [3.63, 3.8) is 0 Å². The summed E-state index contributed by atoms with van der Waals surface area (Å²) in [5, 5.41) is 5.38. The molecule has 2 saturated heterocycles. The molecule has 3 aromatic rings. The fraction of sp³-hybridized carbons (Fsp3) is 0.480. The average Bonchev–Trinajstić information content (AvgIpc) is 3.30. The van der Waals surface area contributed by atoms with Gasteiger partial charge in [0.05, 0.1) is 33.6 Å². The summed E-state index contributed by atoms with van der Waals surface area (Å²) < 4.78 is 41.1. The molecule has 1 aromatic heterocycles. The van der Waals surface area contributed by atoms with Crippen LogP contribution in [0.15, 0.2) is 42.6 Å². The summed E-state index contributed by atoms with van der Waals surface area (Å²) in [6.45, 7) is 16.0. The van der Waals surface area contributed by atoms with Crippen molar-refractivity contribution in [1.82, 2.24) is 9.78 Å². The zero-order valence-electron chi connectivity index (χ0n) is 21.1. The smallest absolute Gasteiger partial charge is 0.399 e. The second kappa shape index (κ2) is 7.40. The Labute approximate surface area is 201 Å². The summed E-state index contributed by atoms with van der Waals surface area (Å²) in [6.07, 6.45) is 1.88. The van der Waals surface area contributed by atoms with Gasteiger partial charge in [-0.25, -0.2) is 9.07 Å². The predicted molar refractivity (Wildman–Crippen MR) is 132 cm³/mol. The molecule has 5 rings (SSSR count). The van der Waals surface area contributed by atoms with Crippen LogP contribution in [0.3, 0.4) is 0 Å². The normalized spacial score (nSPS) is 22.6. The lowest BCUT2D eigenvalue weighted by atomic mass is 9.78. The van der Waals surface area contributed by atoms with Gasteiger partial charge in [0.1, 0.15) is 5.82 Å². The van der Waals surface area contributed by atoms with E-state index in [2.05, 4.69) is 5.10 Å². The van der Waals surface area contributed by atoms with E-state index in [1.165, 1.54) is 6.07 Å². The molecule has 9 heteroatoms. The summed E-state index contributed by atoms with van der Waals surface area (Å²) in [6, 6.07) is 11.1. The molecule has 0 saturated carbocycles. The Balaban J connectivity index is 1.41. The fourth-order valence-corrected chi connectivity index (χ4v) is 4.11. The molecule has 34 heavy (non-hydrogen) atoms. The van der Waals surface area contributed by atoms with Crippen molar-refractivity contribution >= 4 is 36.1 Å². The third kappa shape index (κ3) is 3.70. The maximum atomic E-state index is 15.0. The van der Waals surface area contributed by atoms with Crippen molar-refractivity contribution < 1.29 is 23.0 Å². The lowest BCUT2D eigenvalue weighted by Gasteiger charge is -2.32. The second-order valence-corrected chi connectivity index (χ2v) is 11.3. The lowest BCUT2D eigenvalue weighted by Crippen LogP contribution is -2.41. The SMILES string of the molecule is CC1(C)OB(c2ccc(-n3cc4cc(B5OC(C)(C)C(C)(C)O5)c(F)cc4n3)cc2)OC1(C)C. The Hall–Kier alpha value is -2.19. The summed E-state index contributed by atoms with van der Waals surface area (Å²) in [4.78, 5) is 0. The number of benzene rings is 2. The molecular weight excluding hydrogens is 433 g/mol. The first-order valence-electron chi connectivity index (χ1n) is 11.7. The number of nitrogens with zero attached hydrogens (tertiary/aromatic N) is 2. The molecule has 0 N–H and O–H groups in total. The highest BCUT2D eigenvalue weighted by molar-refractivity contribution is 6.62. The van der Waals surface area contributed by atoms with Gasteiger partial charge in [-0.2, -0.15) is 5.10 Å². The minimum absolute atomic E-state index is 0.377. The molecule has 0 unspecified atom stereocenters. The number of hydrogen-bond acceptors (Lipinski definition) is 5. The van der Waals surface area contributed by atoms with Crippen molar-refractivity contribution in [3.8, 4) is 5.69 Å². The van der Waals surface area contributed by atoms with E-state index in [-0.39, 0.29) is 0 Å². The largest absolute Gasteiger partial charge is 0.497 e. The topological polar surface area (TPSA) is 54.7 Å². The van der Waals surface area contributed by atoms with Gasteiger partial charge in [0.2, 0.25) is 0 Å². The number of aromatic nitrogens is 2. The number of fused-ring (bicyclic) bond motifs is 1. The van der Waals surface area contributed by atoms with Crippen LogP contribution in [0.5, 0.6) is 0 Å². The van der Waals surface area contributed by atoms with Crippen LogP contribution in [0.4, 0.5) is 4.39 Å². The molecule has 0 atom stereocenters. The summed E-state index contributed by atoms with van der Waals surface area (Å²) in [5.74, 6) is -0.396. The minimum Gasteiger partial charge on any atom is -0.399 e. The molecule has 0 bridgehead atoms. The molecule has 0 amide bonds. The van der Waals surface area contributed by atoms with Crippen LogP contribution in [-0.4, -0.2) is 46.4 Å². The Morgan fingerprint density at radius 2 is 1.24 bits per heavy atom. The van der Waals surface area contributed by atoms with E-state index in [1.54, 1.807) is 10.7 Å². The van der Waals surface area contributed by atoms with Crippen LogP contribution in [0, 0.1) is 5.82 Å². The molecule has 0 spiro atoms. The summed E-state index contributed by atoms with van der Waals surface area (Å²) >= 11 is 0. The number of hydrogen-bond donors (Lipinski definition) is 0. The van der Waals surface area contributed by atoms with Gasteiger partial charge in [0.25, 0.3) is 0 Å². The number of halogens is 1. The molecule has 0 radical (unpaired) electrons. The van der Waals surface area contributed by atoms with E-state index in [0.717, 1.165) is 16.5 Å². The van der Waals surface area contributed by atoms with Crippen LogP contribution in [0.2, 0.25) is 0 Å². The van der Waals surface area contributed by atoms with Gasteiger partial charge < -0.3 is 18.6 Å². The fourth-order valence-electron chi connectivity index (χ4n) is 4.11. The van der Waals surface area contributed by atoms with Gasteiger partial charge in [-0.15, -0.1) is 0 Å². The predicted octanol–water partition coefficient (Wildman–Crippen LogP) is 3.76. The third-order valence-electron chi connectivity index (χ3n) is 7.81. The first kappa shape index (κ1) is 23.5. The van der Waals surface area contributed by atoms with Crippen molar-refractivity contribution in [2.24, 2.45) is 0 Å². The van der Waals surface area contributed by atoms with E-state index in [0.29, 0.717) is 11.0 Å². The number of rotatable bonds is 3. The van der Waals surface area contributed by atoms with E-state index in [1.807, 2.05) is 85.9 Å². The van der Waals surface area contributed by atoms with E-state index in [4.69, 9.17) is 18.6 Å². The van der Waals surface area contributed by atoms with Gasteiger partial charge in [0, 0.05) is 23.1 Å². The molecule has 3 heterocycles.